The number of nitrogens with one attached hydrogen (secondary N) is 3. The molecule has 0 spiro atoms. The Bertz CT molecular complexity index is 2460. The van der Waals surface area contributed by atoms with E-state index in [1.165, 1.54) is 29.5 Å². The highest BCUT2D eigenvalue weighted by molar-refractivity contribution is 7.13. The summed E-state index contributed by atoms with van der Waals surface area (Å²) in [6, 6.07) is 22.6. The fourth-order valence-corrected chi connectivity index (χ4v) is 8.64. The number of anilines is 1. The number of thiazole rings is 1. The zero-order valence-corrected chi connectivity index (χ0v) is 39.3. The number of Topliss-reactive ketones (excluding diaryl/α,β-unsaturated/α-hetero) is 1. The van der Waals surface area contributed by atoms with E-state index in [-0.39, 0.29) is 87.0 Å². The van der Waals surface area contributed by atoms with Gasteiger partial charge in [0.2, 0.25) is 11.8 Å². The Hall–Kier alpha value is -6.08. The summed E-state index contributed by atoms with van der Waals surface area (Å²) < 4.78 is 39.6. The molecule has 0 saturated carbocycles. The fourth-order valence-electron chi connectivity index (χ4n) is 8.10. The summed E-state index contributed by atoms with van der Waals surface area (Å²) in [6.07, 6.45) is 1.67. The molecule has 17 heteroatoms. The van der Waals surface area contributed by atoms with Crippen LogP contribution in [-0.2, 0) is 42.2 Å². The molecule has 0 saturated heterocycles. The molecule has 1 aliphatic heterocycles. The molecule has 0 bridgehead atoms. The van der Waals surface area contributed by atoms with Gasteiger partial charge < -0.3 is 50.8 Å². The van der Waals surface area contributed by atoms with Gasteiger partial charge in [-0.3, -0.25) is 14.4 Å². The third-order valence-electron chi connectivity index (χ3n) is 11.5. The molecule has 6 rings (SSSR count). The number of ether oxygens (including phenoxy) is 4. The van der Waals surface area contributed by atoms with Gasteiger partial charge in [0.1, 0.15) is 24.3 Å². The molecule has 68 heavy (non-hydrogen) atoms. The second-order valence-electron chi connectivity index (χ2n) is 17.3. The Morgan fingerprint density at radius 2 is 1.68 bits per heavy atom. The first-order valence-corrected chi connectivity index (χ1v) is 23.6. The predicted octanol–water partition coefficient (Wildman–Crippen LogP) is 6.91. The molecule has 5 aromatic rings. The molecule has 0 fully saturated rings. The van der Waals surface area contributed by atoms with Crippen LogP contribution in [0.25, 0.3) is 11.1 Å². The molecule has 4 atom stereocenters. The van der Waals surface area contributed by atoms with Gasteiger partial charge in [0.25, 0.3) is 0 Å². The van der Waals surface area contributed by atoms with Crippen LogP contribution in [0.3, 0.4) is 0 Å². The Morgan fingerprint density at radius 1 is 0.941 bits per heavy atom. The number of aromatic carboxylic acids is 1. The SMILES string of the molecule is CC(C)C[C@H](CC(=O)[C@@H](O)[C@H](N)Cc1ccccc1)C(=O)NCCOCCOCCOc1cc2c(cc1Oc1ccc(-c3ccc(C(=O)O)cc3)c(F)c1)[C@@](C)(CC(=O)Nc1nccs1)NCC2. The van der Waals surface area contributed by atoms with Crippen LogP contribution < -0.4 is 31.2 Å². The van der Waals surface area contributed by atoms with Crippen molar-refractivity contribution in [2.45, 2.75) is 70.6 Å². The first kappa shape index (κ1) is 51.3. The molecule has 7 N–H and O–H groups in total. The molecule has 0 radical (unpaired) electrons. The number of carbonyl (C=O) groups excluding carboxylic acids is 3. The van der Waals surface area contributed by atoms with E-state index in [0.29, 0.717) is 48.0 Å². The molecule has 0 aliphatic carbocycles. The minimum Gasteiger partial charge on any atom is -0.487 e. The average molecular weight is 954 g/mol. The van der Waals surface area contributed by atoms with E-state index in [2.05, 4.69) is 20.9 Å². The van der Waals surface area contributed by atoms with Crippen LogP contribution in [0.5, 0.6) is 17.2 Å². The van der Waals surface area contributed by atoms with Crippen molar-refractivity contribution < 1.29 is 52.7 Å². The number of benzene rings is 4. The van der Waals surface area contributed by atoms with Gasteiger partial charge in [-0.1, -0.05) is 56.3 Å². The van der Waals surface area contributed by atoms with Crippen LogP contribution in [0.2, 0.25) is 0 Å². The van der Waals surface area contributed by atoms with E-state index < -0.39 is 41.2 Å². The molecule has 15 nitrogen and oxygen atoms in total. The van der Waals surface area contributed by atoms with Crippen molar-refractivity contribution in [1.29, 1.82) is 0 Å². The lowest BCUT2D eigenvalue weighted by molar-refractivity contribution is -0.134. The third-order valence-corrected chi connectivity index (χ3v) is 12.2. The number of carboxylic acid groups (broad SMARTS) is 1. The molecular weight excluding hydrogens is 894 g/mol. The van der Waals surface area contributed by atoms with Crippen molar-refractivity contribution in [3.8, 4) is 28.4 Å². The van der Waals surface area contributed by atoms with Crippen LogP contribution in [0.4, 0.5) is 9.52 Å². The highest BCUT2D eigenvalue weighted by Gasteiger charge is 2.36. The van der Waals surface area contributed by atoms with Gasteiger partial charge in [0.05, 0.1) is 32.0 Å². The van der Waals surface area contributed by atoms with E-state index in [4.69, 9.17) is 24.7 Å². The molecule has 1 aromatic heterocycles. The maximum atomic E-state index is 15.6. The summed E-state index contributed by atoms with van der Waals surface area (Å²) in [5.74, 6) is -2.22. The maximum absolute atomic E-state index is 15.6. The number of aliphatic hydroxyl groups excluding tert-OH is 1. The number of amides is 2. The minimum atomic E-state index is -1.38. The largest absolute Gasteiger partial charge is 0.487 e. The van der Waals surface area contributed by atoms with E-state index in [1.807, 2.05) is 63.2 Å². The van der Waals surface area contributed by atoms with Crippen molar-refractivity contribution >= 4 is 40.0 Å². The molecular formula is C51H60FN5O10S. The summed E-state index contributed by atoms with van der Waals surface area (Å²) in [7, 11) is 0. The van der Waals surface area contributed by atoms with Crippen LogP contribution in [0.15, 0.2) is 96.5 Å². The van der Waals surface area contributed by atoms with Crippen LogP contribution in [0, 0.1) is 17.7 Å². The van der Waals surface area contributed by atoms with E-state index in [0.717, 1.165) is 16.7 Å². The number of hydrogen-bond donors (Lipinski definition) is 6. The Kier molecular flexibility index (Phi) is 18.7. The molecule has 362 valence electrons. The molecule has 4 aromatic carbocycles. The number of ketones is 1. The standard InChI is InChI=1S/C51H60FN5O10S/c1-32(2)25-37(27-43(58)47(60)42(53)26-33-7-5-4-6-8-33)48(61)54-17-19-64-20-21-65-22-23-66-44-28-36-15-16-56-51(3,31-46(59)57-50-55-18-24-68-50)40(36)30-45(44)67-38-13-14-39(41(52)29-38)34-9-11-35(12-10-34)49(62)63/h4-14,18,24,28-30,32,37,42,47,56,60H,15-17,19-23,25-27,31,53H2,1-3H3,(H,54,61)(H,62,63)(H,55,57,59)/t37-,42-,47+,51-/m1/s1. The zero-order chi connectivity index (χ0) is 48.6. The summed E-state index contributed by atoms with van der Waals surface area (Å²) in [6.45, 7) is 7.74. The van der Waals surface area contributed by atoms with Crippen LogP contribution >= 0.6 is 11.3 Å². The van der Waals surface area contributed by atoms with Gasteiger partial charge in [-0.05, 0) is 90.8 Å². The first-order chi connectivity index (χ1) is 32.7. The Balaban J connectivity index is 1.01. The topological polar surface area (TPSA) is 221 Å². The van der Waals surface area contributed by atoms with Crippen molar-refractivity contribution in [2.75, 3.05) is 51.4 Å². The molecule has 2 heterocycles. The summed E-state index contributed by atoms with van der Waals surface area (Å²) in [5.41, 5.74) is 8.92. The Labute approximate surface area is 399 Å². The number of carboxylic acids is 1. The van der Waals surface area contributed by atoms with E-state index in [1.54, 1.807) is 35.8 Å². The molecule has 2 amide bonds. The second-order valence-corrected chi connectivity index (χ2v) is 18.2. The Morgan fingerprint density at radius 3 is 2.37 bits per heavy atom. The minimum absolute atomic E-state index is 0.0892. The van der Waals surface area contributed by atoms with Crippen molar-refractivity contribution in [2.24, 2.45) is 17.6 Å². The summed E-state index contributed by atoms with van der Waals surface area (Å²) in [4.78, 5) is 54.8. The third kappa shape index (κ3) is 14.7. The smallest absolute Gasteiger partial charge is 0.335 e. The number of fused-ring (bicyclic) bond motifs is 1. The number of aromatic nitrogens is 1. The van der Waals surface area contributed by atoms with Crippen molar-refractivity contribution in [1.82, 2.24) is 15.6 Å². The van der Waals surface area contributed by atoms with Gasteiger partial charge in [-0.25, -0.2) is 14.2 Å². The van der Waals surface area contributed by atoms with Crippen molar-refractivity contribution in [3.05, 3.63) is 125 Å². The number of carbonyl (C=O) groups is 4. The maximum Gasteiger partial charge on any atom is 0.335 e. The van der Waals surface area contributed by atoms with Crippen molar-refractivity contribution in [3.63, 3.8) is 0 Å². The molecule has 0 unspecified atom stereocenters. The highest BCUT2D eigenvalue weighted by Crippen LogP contribution is 2.42. The summed E-state index contributed by atoms with van der Waals surface area (Å²) >= 11 is 1.33. The lowest BCUT2D eigenvalue weighted by atomic mass is 9.81. The monoisotopic (exact) mass is 953 g/mol. The summed E-state index contributed by atoms with van der Waals surface area (Å²) in [5, 5.41) is 31.4. The number of nitrogens with zero attached hydrogens (tertiary/aromatic N) is 1. The number of aliphatic hydroxyl groups is 1. The van der Waals surface area contributed by atoms with Gasteiger partial charge in [0, 0.05) is 66.6 Å². The van der Waals surface area contributed by atoms with Gasteiger partial charge in [-0.2, -0.15) is 0 Å². The second kappa shape index (κ2) is 24.8. The number of hydrogen-bond acceptors (Lipinski definition) is 13. The van der Waals surface area contributed by atoms with Gasteiger partial charge in [-0.15, -0.1) is 11.3 Å². The lowest BCUT2D eigenvalue weighted by Gasteiger charge is -2.37. The normalized spacial score (nSPS) is 15.8. The quantitative estimate of drug-likeness (QED) is 0.0311. The number of halogens is 1. The number of nitrogens with two attached hydrogens (primary N) is 1. The molecule has 1 aliphatic rings. The van der Waals surface area contributed by atoms with E-state index in [9.17, 15) is 29.4 Å². The number of rotatable bonds is 26. The van der Waals surface area contributed by atoms with Crippen LogP contribution in [0.1, 0.15) is 67.1 Å². The average Bonchev–Trinajstić information content (AvgIpc) is 3.82. The predicted molar refractivity (Wildman–Crippen MR) is 257 cm³/mol. The zero-order valence-electron chi connectivity index (χ0n) is 38.5. The van der Waals surface area contributed by atoms with Gasteiger partial charge >= 0.3 is 5.97 Å². The fraction of sp³-hybridized carbons (Fsp3) is 0.392. The van der Waals surface area contributed by atoms with Crippen LogP contribution in [-0.4, -0.2) is 97.0 Å². The van der Waals surface area contributed by atoms with Gasteiger partial charge in [0.15, 0.2) is 22.4 Å². The van der Waals surface area contributed by atoms with E-state index >= 15 is 4.39 Å². The highest BCUT2D eigenvalue weighted by atomic mass is 32.1. The first-order valence-electron chi connectivity index (χ1n) is 22.7. The lowest BCUT2D eigenvalue weighted by Crippen LogP contribution is -2.47.